The third-order valence-electron chi connectivity index (χ3n) is 8.46. The molecule has 2 fully saturated rings. The molecule has 2 saturated heterocycles. The van der Waals surface area contributed by atoms with Crippen molar-refractivity contribution in [3.05, 3.63) is 53.5 Å². The van der Waals surface area contributed by atoms with Crippen molar-refractivity contribution in [2.75, 3.05) is 50.1 Å². The lowest BCUT2D eigenvalue weighted by Crippen LogP contribution is -2.59. The standard InChI is InChI=1S/C30H34ClFN8O/c1-7-24(41)38-12-17(3)40(18(4)13-38)29-20-10-22(31)26(25-16(2)8-9-23-21(25)11-33-36-23)27(32)28(20)34-30(35-29)39-14-19(15-39)37(5)6/h7-11,17-19H,1,12-15H2,2-6H3,(H,33,36)/t17-,18+. The first-order valence-corrected chi connectivity index (χ1v) is 14.2. The van der Waals surface area contributed by atoms with Gasteiger partial charge in [-0.2, -0.15) is 10.1 Å². The molecule has 0 aliphatic carbocycles. The lowest BCUT2D eigenvalue weighted by Gasteiger charge is -2.46. The number of fused-ring (bicyclic) bond motifs is 2. The highest BCUT2D eigenvalue weighted by Gasteiger charge is 2.36. The molecule has 2 aliphatic rings. The van der Waals surface area contributed by atoms with Crippen LogP contribution in [0.4, 0.5) is 16.2 Å². The number of hydrogen-bond donors (Lipinski definition) is 1. The van der Waals surface area contributed by atoms with Crippen molar-refractivity contribution in [3.8, 4) is 11.1 Å². The minimum Gasteiger partial charge on any atom is -0.347 e. The molecule has 0 saturated carbocycles. The van der Waals surface area contributed by atoms with Gasteiger partial charge in [0.2, 0.25) is 11.9 Å². The summed E-state index contributed by atoms with van der Waals surface area (Å²) in [5.41, 5.74) is 2.90. The number of halogens is 2. The molecule has 2 aromatic carbocycles. The molecule has 1 amide bonds. The number of hydrogen-bond acceptors (Lipinski definition) is 7. The molecule has 0 bridgehead atoms. The highest BCUT2D eigenvalue weighted by molar-refractivity contribution is 6.35. The van der Waals surface area contributed by atoms with E-state index in [0.29, 0.717) is 47.4 Å². The van der Waals surface area contributed by atoms with Gasteiger partial charge in [0, 0.05) is 66.2 Å². The second kappa shape index (κ2) is 10.3. The molecule has 2 aromatic heterocycles. The van der Waals surface area contributed by atoms with Crippen LogP contribution in [0.25, 0.3) is 32.9 Å². The third kappa shape index (κ3) is 4.49. The van der Waals surface area contributed by atoms with Crippen molar-refractivity contribution in [2.24, 2.45) is 0 Å². The Morgan fingerprint density at radius 2 is 1.83 bits per heavy atom. The van der Waals surface area contributed by atoms with Crippen LogP contribution in [0.3, 0.4) is 0 Å². The molecule has 11 heteroatoms. The number of nitrogens with one attached hydrogen (secondary N) is 1. The number of likely N-dealkylation sites (N-methyl/N-ethyl adjacent to an activating group) is 1. The number of H-pyrrole nitrogens is 1. The average molecular weight is 577 g/mol. The van der Waals surface area contributed by atoms with Gasteiger partial charge in [0.15, 0.2) is 5.82 Å². The van der Waals surface area contributed by atoms with Crippen molar-refractivity contribution in [2.45, 2.75) is 38.9 Å². The highest BCUT2D eigenvalue weighted by atomic mass is 35.5. The molecular weight excluding hydrogens is 543 g/mol. The van der Waals surface area contributed by atoms with Gasteiger partial charge in [0.25, 0.3) is 0 Å². The number of amides is 1. The number of carbonyl (C=O) groups excluding carboxylic acids is 1. The summed E-state index contributed by atoms with van der Waals surface area (Å²) in [5, 5.41) is 8.76. The average Bonchev–Trinajstić information content (AvgIpc) is 3.37. The van der Waals surface area contributed by atoms with E-state index in [1.165, 1.54) is 6.08 Å². The maximum absolute atomic E-state index is 16.8. The van der Waals surface area contributed by atoms with Crippen LogP contribution in [0.2, 0.25) is 5.02 Å². The first kappa shape index (κ1) is 27.4. The summed E-state index contributed by atoms with van der Waals surface area (Å²) in [6, 6.07) is 5.85. The number of benzene rings is 2. The van der Waals surface area contributed by atoms with Crippen LogP contribution in [0.1, 0.15) is 19.4 Å². The normalized spacial score (nSPS) is 19.9. The Balaban J connectivity index is 1.55. The predicted octanol–water partition coefficient (Wildman–Crippen LogP) is 4.64. The molecule has 6 rings (SSSR count). The Labute approximate surface area is 243 Å². The topological polar surface area (TPSA) is 84.5 Å². The Morgan fingerprint density at radius 3 is 2.49 bits per heavy atom. The van der Waals surface area contributed by atoms with E-state index < -0.39 is 5.82 Å². The lowest BCUT2D eigenvalue weighted by molar-refractivity contribution is -0.127. The zero-order valence-corrected chi connectivity index (χ0v) is 24.7. The number of piperazine rings is 1. The Kier molecular flexibility index (Phi) is 6.86. The maximum atomic E-state index is 16.8. The monoisotopic (exact) mass is 576 g/mol. The summed E-state index contributed by atoms with van der Waals surface area (Å²) < 4.78 is 16.8. The molecule has 0 unspecified atom stereocenters. The molecule has 1 N–H and O–H groups in total. The lowest BCUT2D eigenvalue weighted by atomic mass is 9.95. The van der Waals surface area contributed by atoms with E-state index in [-0.39, 0.29) is 28.5 Å². The van der Waals surface area contributed by atoms with Gasteiger partial charge in [0.1, 0.15) is 11.3 Å². The van der Waals surface area contributed by atoms with Gasteiger partial charge in [-0.15, -0.1) is 0 Å². The summed E-state index contributed by atoms with van der Waals surface area (Å²) in [7, 11) is 4.10. The largest absolute Gasteiger partial charge is 0.347 e. The van der Waals surface area contributed by atoms with Crippen LogP contribution in [0.15, 0.2) is 37.1 Å². The molecule has 214 valence electrons. The van der Waals surface area contributed by atoms with Crippen molar-refractivity contribution < 1.29 is 9.18 Å². The SMILES string of the molecule is C=CC(=O)N1C[C@@H](C)N(c2nc(N3CC(N(C)C)C3)nc3c(F)c(-c4c(C)ccc5[nH]ncc45)c(Cl)cc23)[C@@H](C)C1. The van der Waals surface area contributed by atoms with E-state index in [9.17, 15) is 4.79 Å². The van der Waals surface area contributed by atoms with E-state index in [0.717, 1.165) is 29.6 Å². The van der Waals surface area contributed by atoms with Gasteiger partial charge < -0.3 is 19.6 Å². The first-order chi connectivity index (χ1) is 19.6. The number of anilines is 2. The minimum absolute atomic E-state index is 0.0806. The van der Waals surface area contributed by atoms with Crippen LogP contribution >= 0.6 is 11.6 Å². The van der Waals surface area contributed by atoms with E-state index in [1.807, 2.05) is 32.9 Å². The number of aryl methyl sites for hydroxylation is 1. The van der Waals surface area contributed by atoms with Gasteiger partial charge in [-0.25, -0.2) is 9.37 Å². The first-order valence-electron chi connectivity index (χ1n) is 13.8. The van der Waals surface area contributed by atoms with Crippen LogP contribution in [-0.4, -0.2) is 94.3 Å². The molecule has 2 aliphatic heterocycles. The van der Waals surface area contributed by atoms with Crippen LogP contribution < -0.4 is 9.80 Å². The molecule has 9 nitrogen and oxygen atoms in total. The van der Waals surface area contributed by atoms with Gasteiger partial charge in [-0.3, -0.25) is 9.89 Å². The zero-order valence-electron chi connectivity index (χ0n) is 23.9. The fraction of sp³-hybridized carbons (Fsp3) is 0.400. The van der Waals surface area contributed by atoms with E-state index in [1.54, 1.807) is 17.2 Å². The maximum Gasteiger partial charge on any atom is 0.246 e. The van der Waals surface area contributed by atoms with Crippen molar-refractivity contribution in [1.82, 2.24) is 30.0 Å². The fourth-order valence-electron chi connectivity index (χ4n) is 6.19. The molecule has 4 heterocycles. The molecule has 0 spiro atoms. The second-order valence-corrected chi connectivity index (χ2v) is 11.9. The number of rotatable bonds is 5. The Hall–Kier alpha value is -3.76. The molecular formula is C30H34ClFN8O. The summed E-state index contributed by atoms with van der Waals surface area (Å²) >= 11 is 6.92. The minimum atomic E-state index is -0.486. The van der Waals surface area contributed by atoms with Crippen molar-refractivity contribution >= 4 is 51.1 Å². The Morgan fingerprint density at radius 1 is 1.12 bits per heavy atom. The molecule has 2 atom stereocenters. The van der Waals surface area contributed by atoms with Gasteiger partial charge in [-0.1, -0.05) is 24.2 Å². The number of carbonyl (C=O) groups is 1. The second-order valence-electron chi connectivity index (χ2n) is 11.5. The third-order valence-corrected chi connectivity index (χ3v) is 8.76. The zero-order chi connectivity index (χ0) is 29.2. The predicted molar refractivity (Wildman–Crippen MR) is 162 cm³/mol. The number of aromatic nitrogens is 4. The summed E-state index contributed by atoms with van der Waals surface area (Å²) in [6.07, 6.45) is 3.04. The Bertz CT molecular complexity index is 1670. The number of nitrogens with zero attached hydrogens (tertiary/aromatic N) is 7. The fourth-order valence-corrected chi connectivity index (χ4v) is 6.48. The highest BCUT2D eigenvalue weighted by Crippen LogP contribution is 2.43. The summed E-state index contributed by atoms with van der Waals surface area (Å²) in [5.74, 6) is 0.517. The number of aromatic amines is 1. The van der Waals surface area contributed by atoms with Crippen molar-refractivity contribution in [3.63, 3.8) is 0 Å². The molecule has 0 radical (unpaired) electrons. The van der Waals surface area contributed by atoms with Crippen LogP contribution in [0, 0.1) is 12.7 Å². The smallest absolute Gasteiger partial charge is 0.246 e. The van der Waals surface area contributed by atoms with Gasteiger partial charge in [-0.05, 0) is 58.6 Å². The summed E-state index contributed by atoms with van der Waals surface area (Å²) in [6.45, 7) is 12.2. The van der Waals surface area contributed by atoms with Gasteiger partial charge in [0.05, 0.1) is 16.7 Å². The van der Waals surface area contributed by atoms with Gasteiger partial charge >= 0.3 is 0 Å². The van der Waals surface area contributed by atoms with Crippen LogP contribution in [0.5, 0.6) is 0 Å². The van der Waals surface area contributed by atoms with E-state index in [2.05, 4.69) is 45.6 Å². The van der Waals surface area contributed by atoms with Crippen molar-refractivity contribution in [1.29, 1.82) is 0 Å². The summed E-state index contributed by atoms with van der Waals surface area (Å²) in [4.78, 5) is 30.5. The van der Waals surface area contributed by atoms with E-state index in [4.69, 9.17) is 21.6 Å². The molecule has 41 heavy (non-hydrogen) atoms. The van der Waals surface area contributed by atoms with E-state index >= 15 is 4.39 Å². The quantitative estimate of drug-likeness (QED) is 0.347. The van der Waals surface area contributed by atoms with Crippen LogP contribution in [-0.2, 0) is 4.79 Å². The molecule has 4 aromatic rings.